The molecule has 1 atom stereocenters. The molecule has 1 N–H and O–H groups in total. The van der Waals surface area contributed by atoms with Crippen LogP contribution in [0.1, 0.15) is 77.4 Å². The molecule has 0 saturated heterocycles. The molecular formula is C23H27N3OS. The van der Waals surface area contributed by atoms with Gasteiger partial charge in [0.2, 0.25) is 0 Å². The van der Waals surface area contributed by atoms with Crippen molar-refractivity contribution in [3.63, 3.8) is 0 Å². The van der Waals surface area contributed by atoms with E-state index >= 15 is 0 Å². The minimum absolute atomic E-state index is 0.166. The summed E-state index contributed by atoms with van der Waals surface area (Å²) in [6.07, 6.45) is 11.3. The van der Waals surface area contributed by atoms with Crippen molar-refractivity contribution in [2.24, 2.45) is 0 Å². The predicted octanol–water partition coefficient (Wildman–Crippen LogP) is 4.69. The minimum atomic E-state index is -0.896. The van der Waals surface area contributed by atoms with Crippen LogP contribution in [-0.2, 0) is 31.3 Å². The smallest absolute Gasteiger partial charge is 0.124 e. The summed E-state index contributed by atoms with van der Waals surface area (Å²) in [7, 11) is 0. The number of thiazole rings is 1. The second kappa shape index (κ2) is 6.53. The molecular weight excluding hydrogens is 366 g/mol. The first-order chi connectivity index (χ1) is 13.4. The fraction of sp³-hybridized carbons (Fsp3) is 0.478. The summed E-state index contributed by atoms with van der Waals surface area (Å²) in [6.45, 7) is 5.74. The first-order valence-electron chi connectivity index (χ1n) is 10.3. The quantitative estimate of drug-likeness (QED) is 0.700. The molecule has 0 aliphatic heterocycles. The van der Waals surface area contributed by atoms with Gasteiger partial charge in [-0.05, 0) is 80.7 Å². The lowest BCUT2D eigenvalue weighted by Gasteiger charge is -2.15. The van der Waals surface area contributed by atoms with E-state index in [-0.39, 0.29) is 5.92 Å². The number of aromatic nitrogens is 3. The summed E-state index contributed by atoms with van der Waals surface area (Å²) < 4.78 is 2.14. The number of nitrogens with zero attached hydrogens (tertiary/aromatic N) is 3. The van der Waals surface area contributed by atoms with Gasteiger partial charge in [0, 0.05) is 23.2 Å². The van der Waals surface area contributed by atoms with Gasteiger partial charge in [0.25, 0.3) is 0 Å². The van der Waals surface area contributed by atoms with E-state index in [1.165, 1.54) is 66.5 Å². The largest absolute Gasteiger partial charge is 0.383 e. The summed E-state index contributed by atoms with van der Waals surface area (Å²) in [5.41, 5.74) is 7.65. The van der Waals surface area contributed by atoms with Crippen LogP contribution in [0.2, 0.25) is 0 Å². The molecule has 2 heterocycles. The standard InChI is InChI=1S/C23H27N3OS/c1-14(20-13-24-22(28-20)23(2,3)27)19-10-11-26(25-19)21-17-8-4-6-15(17)12-16-7-5-9-18(16)21/h10-14,27H,4-9H2,1-3H3/t14-/m0/s1. The van der Waals surface area contributed by atoms with E-state index in [0.717, 1.165) is 15.6 Å². The van der Waals surface area contributed by atoms with Crippen molar-refractivity contribution in [3.8, 4) is 5.69 Å². The normalized spacial score (nSPS) is 17.0. The van der Waals surface area contributed by atoms with E-state index in [0.29, 0.717) is 0 Å². The van der Waals surface area contributed by atoms with E-state index in [1.807, 2.05) is 6.20 Å². The summed E-state index contributed by atoms with van der Waals surface area (Å²) in [5.74, 6) is 0.166. The Balaban J connectivity index is 1.52. The van der Waals surface area contributed by atoms with Gasteiger partial charge in [0.1, 0.15) is 10.6 Å². The van der Waals surface area contributed by atoms with Gasteiger partial charge in [-0.3, -0.25) is 0 Å². The molecule has 0 bridgehead atoms. The molecule has 0 spiro atoms. The topological polar surface area (TPSA) is 50.9 Å². The fourth-order valence-corrected chi connectivity index (χ4v) is 5.65. The van der Waals surface area contributed by atoms with Crippen LogP contribution in [0.3, 0.4) is 0 Å². The van der Waals surface area contributed by atoms with Crippen LogP contribution in [-0.4, -0.2) is 19.9 Å². The first kappa shape index (κ1) is 18.1. The molecule has 4 nitrogen and oxygen atoms in total. The highest BCUT2D eigenvalue weighted by Gasteiger charge is 2.27. The Bertz CT molecular complexity index is 1010. The maximum absolute atomic E-state index is 10.2. The van der Waals surface area contributed by atoms with Gasteiger partial charge in [0.05, 0.1) is 11.4 Å². The molecule has 1 aromatic carbocycles. The summed E-state index contributed by atoms with van der Waals surface area (Å²) in [6, 6.07) is 4.61. The molecule has 0 saturated carbocycles. The first-order valence-corrected chi connectivity index (χ1v) is 11.1. The zero-order valence-corrected chi connectivity index (χ0v) is 17.6. The molecule has 0 radical (unpaired) electrons. The Labute approximate surface area is 170 Å². The second-order valence-corrected chi connectivity index (χ2v) is 9.80. The Kier molecular flexibility index (Phi) is 4.21. The summed E-state index contributed by atoms with van der Waals surface area (Å²) in [5, 5.41) is 16.0. The Hall–Kier alpha value is -1.98. The zero-order valence-electron chi connectivity index (χ0n) is 16.8. The molecule has 3 aromatic rings. The number of aliphatic hydroxyl groups is 1. The van der Waals surface area contributed by atoms with Crippen molar-refractivity contribution in [2.45, 2.75) is 70.8 Å². The fourth-order valence-electron chi connectivity index (χ4n) is 4.67. The van der Waals surface area contributed by atoms with Crippen LogP contribution >= 0.6 is 11.3 Å². The van der Waals surface area contributed by atoms with E-state index in [1.54, 1.807) is 25.2 Å². The highest BCUT2D eigenvalue weighted by molar-refractivity contribution is 7.11. The number of rotatable bonds is 4. The maximum Gasteiger partial charge on any atom is 0.124 e. The average molecular weight is 394 g/mol. The average Bonchev–Trinajstić information content (AvgIpc) is 3.44. The highest BCUT2D eigenvalue weighted by atomic mass is 32.1. The third-order valence-corrected chi connectivity index (χ3v) is 7.69. The molecule has 2 aliphatic rings. The molecule has 2 aliphatic carbocycles. The van der Waals surface area contributed by atoms with Crippen molar-refractivity contribution in [2.75, 3.05) is 0 Å². The lowest BCUT2D eigenvalue weighted by Crippen LogP contribution is -2.14. The van der Waals surface area contributed by atoms with E-state index < -0.39 is 5.60 Å². The van der Waals surface area contributed by atoms with Crippen molar-refractivity contribution in [1.29, 1.82) is 0 Å². The van der Waals surface area contributed by atoms with E-state index in [9.17, 15) is 5.11 Å². The van der Waals surface area contributed by atoms with Gasteiger partial charge >= 0.3 is 0 Å². The highest BCUT2D eigenvalue weighted by Crippen LogP contribution is 2.38. The molecule has 146 valence electrons. The van der Waals surface area contributed by atoms with Gasteiger partial charge in [-0.15, -0.1) is 11.3 Å². The maximum atomic E-state index is 10.2. The Morgan fingerprint density at radius 2 is 1.79 bits per heavy atom. The third kappa shape index (κ3) is 2.92. The zero-order chi connectivity index (χ0) is 19.5. The van der Waals surface area contributed by atoms with Crippen LogP contribution in [0.5, 0.6) is 0 Å². The Morgan fingerprint density at radius 1 is 1.11 bits per heavy atom. The number of hydrogen-bond donors (Lipinski definition) is 1. The van der Waals surface area contributed by atoms with Crippen molar-refractivity contribution >= 4 is 11.3 Å². The van der Waals surface area contributed by atoms with Crippen molar-refractivity contribution < 1.29 is 5.11 Å². The van der Waals surface area contributed by atoms with Crippen LogP contribution in [0, 0.1) is 0 Å². The third-order valence-electron chi connectivity index (χ3n) is 6.20. The predicted molar refractivity (Wildman–Crippen MR) is 112 cm³/mol. The monoisotopic (exact) mass is 393 g/mol. The number of fused-ring (bicyclic) bond motifs is 2. The summed E-state index contributed by atoms with van der Waals surface area (Å²) >= 11 is 1.58. The summed E-state index contributed by atoms with van der Waals surface area (Å²) in [4.78, 5) is 5.57. The molecule has 0 amide bonds. The van der Waals surface area contributed by atoms with Gasteiger partial charge in [-0.1, -0.05) is 13.0 Å². The lowest BCUT2D eigenvalue weighted by atomic mass is 9.99. The molecule has 5 heteroatoms. The molecule has 28 heavy (non-hydrogen) atoms. The molecule has 5 rings (SSSR count). The van der Waals surface area contributed by atoms with Crippen LogP contribution in [0.25, 0.3) is 5.69 Å². The minimum Gasteiger partial charge on any atom is -0.383 e. The van der Waals surface area contributed by atoms with E-state index in [4.69, 9.17) is 5.10 Å². The molecule has 2 aromatic heterocycles. The SMILES string of the molecule is C[C@@H](c1ccn(-c2c3c(cc4c2CCC4)CCC3)n1)c1cnc(C(C)(C)O)s1. The van der Waals surface area contributed by atoms with Gasteiger partial charge in [-0.25, -0.2) is 9.67 Å². The number of benzene rings is 1. The number of aryl methyl sites for hydroxylation is 2. The lowest BCUT2D eigenvalue weighted by molar-refractivity contribution is 0.0783. The van der Waals surface area contributed by atoms with Gasteiger partial charge in [0.15, 0.2) is 0 Å². The van der Waals surface area contributed by atoms with Crippen molar-refractivity contribution in [1.82, 2.24) is 14.8 Å². The van der Waals surface area contributed by atoms with Gasteiger partial charge in [-0.2, -0.15) is 5.10 Å². The molecule has 0 fully saturated rings. The van der Waals surface area contributed by atoms with Gasteiger partial charge < -0.3 is 5.11 Å². The Morgan fingerprint density at radius 3 is 2.39 bits per heavy atom. The molecule has 0 unspecified atom stereocenters. The van der Waals surface area contributed by atoms with Crippen LogP contribution in [0.15, 0.2) is 24.5 Å². The second-order valence-electron chi connectivity index (χ2n) is 8.74. The van der Waals surface area contributed by atoms with E-state index in [2.05, 4.69) is 34.9 Å². The van der Waals surface area contributed by atoms with Crippen LogP contribution < -0.4 is 0 Å². The van der Waals surface area contributed by atoms with Crippen molar-refractivity contribution in [3.05, 3.63) is 62.4 Å². The number of hydrogen-bond acceptors (Lipinski definition) is 4. The van der Waals surface area contributed by atoms with Crippen LogP contribution in [0.4, 0.5) is 0 Å².